The summed E-state index contributed by atoms with van der Waals surface area (Å²) in [6.45, 7) is 1.56. The Kier molecular flexibility index (Phi) is 6.24. The molecule has 1 aliphatic carbocycles. The Labute approximate surface area is 160 Å². The molecular formula is C22H26N2O3. The normalized spacial score (nSPS) is 14.4. The maximum atomic E-state index is 13.4. The minimum Gasteiger partial charge on any atom is -0.385 e. The number of nitrogens with one attached hydrogen (secondary N) is 1. The lowest BCUT2D eigenvalue weighted by Gasteiger charge is -2.27. The number of anilines is 1. The summed E-state index contributed by atoms with van der Waals surface area (Å²) in [5, 5.41) is 2.90. The van der Waals surface area contributed by atoms with Crippen molar-refractivity contribution >= 4 is 17.5 Å². The number of rotatable bonds is 9. The third kappa shape index (κ3) is 4.55. The summed E-state index contributed by atoms with van der Waals surface area (Å²) in [7, 11) is 1.63. The van der Waals surface area contributed by atoms with Gasteiger partial charge in [-0.25, -0.2) is 0 Å². The molecule has 0 radical (unpaired) electrons. The highest BCUT2D eigenvalue weighted by Crippen LogP contribution is 2.48. The molecule has 142 valence electrons. The number of methoxy groups -OCH3 is 1. The zero-order valence-electron chi connectivity index (χ0n) is 15.7. The van der Waals surface area contributed by atoms with E-state index in [2.05, 4.69) is 5.32 Å². The zero-order valence-corrected chi connectivity index (χ0v) is 15.7. The first-order valence-electron chi connectivity index (χ1n) is 9.35. The average molecular weight is 366 g/mol. The Balaban J connectivity index is 1.77. The molecule has 0 unspecified atom stereocenters. The van der Waals surface area contributed by atoms with Crippen molar-refractivity contribution in [3.8, 4) is 0 Å². The van der Waals surface area contributed by atoms with Gasteiger partial charge in [-0.15, -0.1) is 0 Å². The van der Waals surface area contributed by atoms with Crippen molar-refractivity contribution < 1.29 is 14.3 Å². The van der Waals surface area contributed by atoms with E-state index in [0.717, 1.165) is 17.7 Å². The Hall–Kier alpha value is -2.66. The molecule has 5 heteroatoms. The molecule has 3 rings (SSSR count). The van der Waals surface area contributed by atoms with Gasteiger partial charge in [0.15, 0.2) is 0 Å². The first kappa shape index (κ1) is 19.1. The van der Waals surface area contributed by atoms with Crippen LogP contribution in [-0.4, -0.2) is 32.1 Å². The molecule has 0 heterocycles. The van der Waals surface area contributed by atoms with Gasteiger partial charge in [0.1, 0.15) is 5.41 Å². The molecule has 2 aromatic carbocycles. The number of hydrogen-bond donors (Lipinski definition) is 1. The largest absolute Gasteiger partial charge is 0.385 e. The second kappa shape index (κ2) is 8.82. The summed E-state index contributed by atoms with van der Waals surface area (Å²) >= 11 is 0. The first-order chi connectivity index (χ1) is 13.2. The van der Waals surface area contributed by atoms with Crippen LogP contribution in [0.25, 0.3) is 0 Å². The van der Waals surface area contributed by atoms with Gasteiger partial charge < -0.3 is 15.0 Å². The Bertz CT molecular complexity index is 758. The fourth-order valence-electron chi connectivity index (χ4n) is 3.16. The van der Waals surface area contributed by atoms with E-state index in [9.17, 15) is 9.59 Å². The maximum absolute atomic E-state index is 13.4. The molecule has 27 heavy (non-hydrogen) atoms. The van der Waals surface area contributed by atoms with Crippen molar-refractivity contribution in [3.05, 3.63) is 66.2 Å². The average Bonchev–Trinajstić information content (AvgIpc) is 3.52. The summed E-state index contributed by atoms with van der Waals surface area (Å²) in [5.41, 5.74) is 0.911. The van der Waals surface area contributed by atoms with Crippen LogP contribution in [0.15, 0.2) is 60.7 Å². The van der Waals surface area contributed by atoms with Gasteiger partial charge in [0.05, 0.1) is 6.54 Å². The molecule has 1 N–H and O–H groups in total. The molecule has 0 saturated heterocycles. The van der Waals surface area contributed by atoms with Gasteiger partial charge in [-0.2, -0.15) is 0 Å². The smallest absolute Gasteiger partial charge is 0.242 e. The minimum absolute atomic E-state index is 0.123. The van der Waals surface area contributed by atoms with Crippen LogP contribution in [0.2, 0.25) is 0 Å². The van der Waals surface area contributed by atoms with Crippen LogP contribution < -0.4 is 10.2 Å². The lowest BCUT2D eigenvalue weighted by atomic mass is 10.0. The van der Waals surface area contributed by atoms with Crippen LogP contribution in [0.4, 0.5) is 5.69 Å². The highest BCUT2D eigenvalue weighted by molar-refractivity contribution is 6.14. The summed E-state index contributed by atoms with van der Waals surface area (Å²) in [6, 6.07) is 19.4. The van der Waals surface area contributed by atoms with Gasteiger partial charge in [-0.3, -0.25) is 9.59 Å². The number of benzene rings is 2. The third-order valence-corrected chi connectivity index (χ3v) is 4.90. The predicted octanol–water partition coefficient (Wildman–Crippen LogP) is 3.15. The molecule has 2 amide bonds. The number of amides is 2. The van der Waals surface area contributed by atoms with Gasteiger partial charge in [0.2, 0.25) is 11.8 Å². The summed E-state index contributed by atoms with van der Waals surface area (Å²) in [6.07, 6.45) is 1.93. The van der Waals surface area contributed by atoms with E-state index in [1.165, 1.54) is 0 Å². The van der Waals surface area contributed by atoms with Crippen LogP contribution in [0, 0.1) is 5.41 Å². The number of nitrogens with zero attached hydrogens (tertiary/aromatic N) is 1. The monoisotopic (exact) mass is 366 g/mol. The van der Waals surface area contributed by atoms with Crippen LogP contribution in [0.5, 0.6) is 0 Å². The number of carbonyl (C=O) groups is 2. The molecule has 0 aromatic heterocycles. The van der Waals surface area contributed by atoms with E-state index in [1.54, 1.807) is 12.0 Å². The van der Waals surface area contributed by atoms with E-state index in [0.29, 0.717) is 32.5 Å². The van der Waals surface area contributed by atoms with Gasteiger partial charge in [-0.1, -0.05) is 48.5 Å². The van der Waals surface area contributed by atoms with Crippen molar-refractivity contribution in [2.75, 3.05) is 25.2 Å². The number of hydrogen-bond acceptors (Lipinski definition) is 3. The van der Waals surface area contributed by atoms with E-state index in [4.69, 9.17) is 4.74 Å². The lowest BCUT2D eigenvalue weighted by Crippen LogP contribution is -2.45. The van der Waals surface area contributed by atoms with Crippen LogP contribution >= 0.6 is 0 Å². The molecular weight excluding hydrogens is 340 g/mol. The number of carbonyl (C=O) groups excluding carboxylic acids is 2. The number of para-hydroxylation sites is 1. The Morgan fingerprint density at radius 1 is 1.04 bits per heavy atom. The zero-order chi connectivity index (χ0) is 19.1. The SMILES string of the molecule is COCCCNC(=O)C1(C(=O)N(Cc2ccccc2)c2ccccc2)CC1. The van der Waals surface area contributed by atoms with Crippen molar-refractivity contribution in [2.24, 2.45) is 5.41 Å². The Morgan fingerprint density at radius 3 is 2.26 bits per heavy atom. The van der Waals surface area contributed by atoms with Crippen LogP contribution in [0.1, 0.15) is 24.8 Å². The second-order valence-corrected chi connectivity index (χ2v) is 6.90. The summed E-state index contributed by atoms with van der Waals surface area (Å²) in [4.78, 5) is 27.9. The highest BCUT2D eigenvalue weighted by Gasteiger charge is 2.58. The van der Waals surface area contributed by atoms with E-state index >= 15 is 0 Å². The fourth-order valence-corrected chi connectivity index (χ4v) is 3.16. The summed E-state index contributed by atoms with van der Waals surface area (Å²) < 4.78 is 5.01. The molecule has 1 saturated carbocycles. The number of ether oxygens (including phenoxy) is 1. The molecule has 0 spiro atoms. The Morgan fingerprint density at radius 2 is 1.67 bits per heavy atom. The first-order valence-corrected chi connectivity index (χ1v) is 9.35. The second-order valence-electron chi connectivity index (χ2n) is 6.90. The van der Waals surface area contributed by atoms with Gasteiger partial charge in [-0.05, 0) is 37.0 Å². The molecule has 0 aliphatic heterocycles. The van der Waals surface area contributed by atoms with Crippen molar-refractivity contribution in [3.63, 3.8) is 0 Å². The molecule has 5 nitrogen and oxygen atoms in total. The quantitative estimate of drug-likeness (QED) is 0.548. The minimum atomic E-state index is -0.933. The van der Waals surface area contributed by atoms with Crippen molar-refractivity contribution in [2.45, 2.75) is 25.8 Å². The standard InChI is InChI=1S/C22H26N2O3/c1-27-16-8-15-23-20(25)22(13-14-22)21(26)24(19-11-6-3-7-12-19)17-18-9-4-2-5-10-18/h2-7,9-12H,8,13-17H2,1H3,(H,23,25). The van der Waals surface area contributed by atoms with Gasteiger partial charge >= 0.3 is 0 Å². The molecule has 1 aliphatic rings. The van der Waals surface area contributed by atoms with Crippen molar-refractivity contribution in [1.82, 2.24) is 5.32 Å². The van der Waals surface area contributed by atoms with Gasteiger partial charge in [0, 0.05) is 25.9 Å². The maximum Gasteiger partial charge on any atom is 0.242 e. The molecule has 0 bridgehead atoms. The highest BCUT2D eigenvalue weighted by atomic mass is 16.5. The van der Waals surface area contributed by atoms with E-state index in [-0.39, 0.29) is 11.8 Å². The van der Waals surface area contributed by atoms with E-state index < -0.39 is 5.41 Å². The van der Waals surface area contributed by atoms with E-state index in [1.807, 2.05) is 60.7 Å². The predicted molar refractivity (Wildman–Crippen MR) is 105 cm³/mol. The van der Waals surface area contributed by atoms with Gasteiger partial charge in [0.25, 0.3) is 0 Å². The van der Waals surface area contributed by atoms with Crippen molar-refractivity contribution in [1.29, 1.82) is 0 Å². The lowest BCUT2D eigenvalue weighted by molar-refractivity contribution is -0.135. The fraction of sp³-hybridized carbons (Fsp3) is 0.364. The third-order valence-electron chi connectivity index (χ3n) is 4.90. The summed E-state index contributed by atoms with van der Waals surface area (Å²) in [5.74, 6) is -0.292. The molecule has 2 aromatic rings. The van der Waals surface area contributed by atoms with Crippen LogP contribution in [-0.2, 0) is 20.9 Å². The molecule has 1 fully saturated rings. The topological polar surface area (TPSA) is 58.6 Å². The van der Waals surface area contributed by atoms with Crippen LogP contribution in [0.3, 0.4) is 0 Å². The molecule has 0 atom stereocenters.